The number of aromatic nitrogens is 3. The van der Waals surface area contributed by atoms with Crippen LogP contribution in [0.2, 0.25) is 0 Å². The second kappa shape index (κ2) is 8.78. The molecule has 0 radical (unpaired) electrons. The summed E-state index contributed by atoms with van der Waals surface area (Å²) in [6.45, 7) is 7.43. The van der Waals surface area contributed by atoms with E-state index in [2.05, 4.69) is 16.2 Å². The fraction of sp³-hybridized carbons (Fsp3) is 0.611. The van der Waals surface area contributed by atoms with Crippen LogP contribution in [-0.4, -0.2) is 45.9 Å². The lowest BCUT2D eigenvalue weighted by Crippen LogP contribution is -2.32. The molecule has 0 aliphatic carbocycles. The van der Waals surface area contributed by atoms with E-state index in [0.29, 0.717) is 17.0 Å². The molecule has 4 N–H and O–H groups in total. The number of nitrogen functional groups attached to an aromatic ring is 1. The molecule has 29 heavy (non-hydrogen) atoms. The van der Waals surface area contributed by atoms with E-state index in [0.717, 1.165) is 0 Å². The van der Waals surface area contributed by atoms with E-state index in [1.54, 1.807) is 23.6 Å². The molecule has 0 saturated carbocycles. The highest BCUT2D eigenvalue weighted by molar-refractivity contribution is 7.47. The predicted molar refractivity (Wildman–Crippen MR) is 108 cm³/mol. The fourth-order valence-electron chi connectivity index (χ4n) is 2.74. The van der Waals surface area contributed by atoms with E-state index in [1.165, 1.54) is 13.4 Å². The first-order chi connectivity index (χ1) is 13.4. The molecule has 2 aromatic heterocycles. The number of ether oxygens (including phenoxy) is 1. The Labute approximate surface area is 170 Å². The van der Waals surface area contributed by atoms with Crippen molar-refractivity contribution >= 4 is 19.2 Å². The minimum atomic E-state index is -3.99. The summed E-state index contributed by atoms with van der Waals surface area (Å²) in [7, 11) is -2.53. The zero-order chi connectivity index (χ0) is 21.9. The Hall–Kier alpha value is -2.02. The highest BCUT2D eigenvalue weighted by atomic mass is 31.2. The summed E-state index contributed by atoms with van der Waals surface area (Å²) in [5.41, 5.74) is 5.83. The minimum absolute atomic E-state index is 0.124. The molecular weight excluding hydrogens is 397 g/mol. The van der Waals surface area contributed by atoms with Gasteiger partial charge >= 0.3 is 7.82 Å². The van der Waals surface area contributed by atoms with Crippen LogP contribution >= 0.6 is 7.82 Å². The van der Waals surface area contributed by atoms with Gasteiger partial charge in [0.05, 0.1) is 36.5 Å². The van der Waals surface area contributed by atoms with Gasteiger partial charge < -0.3 is 15.4 Å². The van der Waals surface area contributed by atoms with Crippen LogP contribution in [0.15, 0.2) is 18.5 Å². The molecule has 11 heteroatoms. The highest BCUT2D eigenvalue weighted by Gasteiger charge is 2.37. The second-order valence-corrected chi connectivity index (χ2v) is 9.81. The van der Waals surface area contributed by atoms with E-state index in [1.807, 2.05) is 20.8 Å². The quantitative estimate of drug-likeness (QED) is 0.475. The van der Waals surface area contributed by atoms with Crippen molar-refractivity contribution < 1.29 is 23.2 Å². The van der Waals surface area contributed by atoms with Crippen LogP contribution in [0, 0.1) is 16.7 Å². The van der Waals surface area contributed by atoms with Gasteiger partial charge in [0.2, 0.25) is 0 Å². The number of hydrogen-bond acceptors (Lipinski definition) is 8. The molecule has 2 aromatic rings. The summed E-state index contributed by atoms with van der Waals surface area (Å²) in [5, 5.41) is 14.1. The molecule has 160 valence electrons. The molecule has 1 unspecified atom stereocenters. The third-order valence-electron chi connectivity index (χ3n) is 4.36. The SMILES string of the molecule is CO[C@H](COP(=O)([OH2+])OCC(C)(C)C)C[C@@](C)(C#N)c1ccc2c(N)ncnn12. The third-order valence-corrected chi connectivity index (χ3v) is 5.32. The van der Waals surface area contributed by atoms with Crippen LogP contribution in [0.1, 0.15) is 39.8 Å². The van der Waals surface area contributed by atoms with Gasteiger partial charge in [0, 0.05) is 7.11 Å². The zero-order valence-corrected chi connectivity index (χ0v) is 18.3. The summed E-state index contributed by atoms with van der Waals surface area (Å²) in [6, 6.07) is 5.80. The van der Waals surface area contributed by atoms with Crippen LogP contribution < -0.4 is 5.73 Å². The summed E-state index contributed by atoms with van der Waals surface area (Å²) in [4.78, 5) is 11.7. The highest BCUT2D eigenvalue weighted by Crippen LogP contribution is 2.45. The monoisotopic (exact) mass is 426 g/mol. The number of nitriles is 1. The smallest absolute Gasteiger partial charge is 0.382 e. The second-order valence-electron chi connectivity index (χ2n) is 8.29. The Morgan fingerprint density at radius 3 is 2.62 bits per heavy atom. The molecule has 3 atom stereocenters. The number of anilines is 1. The first kappa shape index (κ1) is 23.3. The number of fused-ring (bicyclic) bond motifs is 1. The van der Waals surface area contributed by atoms with E-state index in [9.17, 15) is 9.83 Å². The molecular formula is C18H29N5O5P+. The number of nitrogens with zero attached hydrogens (tertiary/aromatic N) is 4. The lowest BCUT2D eigenvalue weighted by atomic mass is 9.83. The topological polar surface area (TPSA) is 148 Å². The molecule has 0 bridgehead atoms. The summed E-state index contributed by atoms with van der Waals surface area (Å²) in [6.07, 6.45) is 0.944. The van der Waals surface area contributed by atoms with Gasteiger partial charge in [-0.05, 0) is 30.9 Å². The van der Waals surface area contributed by atoms with Crippen molar-refractivity contribution in [1.82, 2.24) is 14.6 Å². The Bertz CT molecular complexity index is 935. The van der Waals surface area contributed by atoms with Crippen molar-refractivity contribution in [3.8, 4) is 6.07 Å². The Morgan fingerprint density at radius 2 is 2.03 bits per heavy atom. The van der Waals surface area contributed by atoms with Gasteiger partial charge in [0.25, 0.3) is 0 Å². The average molecular weight is 426 g/mol. The van der Waals surface area contributed by atoms with Gasteiger partial charge in [-0.15, -0.1) is 0 Å². The minimum Gasteiger partial charge on any atom is -0.382 e. The van der Waals surface area contributed by atoms with Crippen molar-refractivity contribution in [3.05, 3.63) is 24.2 Å². The maximum Gasteiger partial charge on any atom is 0.634 e. The van der Waals surface area contributed by atoms with Crippen LogP contribution in [0.25, 0.3) is 5.52 Å². The summed E-state index contributed by atoms with van der Waals surface area (Å²) < 4.78 is 29.6. The maximum atomic E-state index is 12.2. The van der Waals surface area contributed by atoms with Gasteiger partial charge in [-0.25, -0.2) is 18.5 Å². The van der Waals surface area contributed by atoms with E-state index < -0.39 is 19.3 Å². The van der Waals surface area contributed by atoms with E-state index in [-0.39, 0.29) is 25.0 Å². The van der Waals surface area contributed by atoms with Gasteiger partial charge in [0.1, 0.15) is 11.8 Å². The lowest BCUT2D eigenvalue weighted by molar-refractivity contribution is 0.0222. The summed E-state index contributed by atoms with van der Waals surface area (Å²) in [5.74, 6) is 0.310. The largest absolute Gasteiger partial charge is 0.634 e. The van der Waals surface area contributed by atoms with Crippen molar-refractivity contribution in [2.45, 2.75) is 45.6 Å². The molecule has 0 aliphatic heterocycles. The van der Waals surface area contributed by atoms with Gasteiger partial charge in [-0.1, -0.05) is 20.8 Å². The lowest BCUT2D eigenvalue weighted by Gasteiger charge is -2.26. The molecule has 0 fully saturated rings. The number of hydrogen-bond donors (Lipinski definition) is 1. The van der Waals surface area contributed by atoms with E-state index in [4.69, 9.17) is 24.4 Å². The normalized spacial score (nSPS) is 17.4. The third kappa shape index (κ3) is 5.98. The maximum absolute atomic E-state index is 12.2. The van der Waals surface area contributed by atoms with Crippen LogP contribution in [0.4, 0.5) is 5.82 Å². The number of rotatable bonds is 9. The van der Waals surface area contributed by atoms with Crippen molar-refractivity contribution in [2.75, 3.05) is 26.1 Å². The molecule has 10 nitrogen and oxygen atoms in total. The molecule has 0 aliphatic rings. The summed E-state index contributed by atoms with van der Waals surface area (Å²) >= 11 is 0. The fourth-order valence-corrected chi connectivity index (χ4v) is 3.74. The van der Waals surface area contributed by atoms with Gasteiger partial charge in [0.15, 0.2) is 5.82 Å². The van der Waals surface area contributed by atoms with E-state index >= 15 is 0 Å². The first-order valence-electron chi connectivity index (χ1n) is 9.08. The van der Waals surface area contributed by atoms with Gasteiger partial charge in [-0.2, -0.15) is 14.9 Å². The molecule has 2 heterocycles. The van der Waals surface area contributed by atoms with Crippen LogP contribution in [0.5, 0.6) is 0 Å². The molecule has 0 aromatic carbocycles. The Morgan fingerprint density at radius 1 is 1.34 bits per heavy atom. The number of methoxy groups -OCH3 is 1. The standard InChI is InChI=1S/C18H28N5O5P/c1-17(2,3)11-28-29(24,25)27-9-13(26-5)8-18(4,10-19)15-7-6-14-16(20)21-12-22-23(14)15/h6-7,12-13H,8-9,11H2,1-5H3,(H,24,25)(H2,20,21,22)/p+1/t13-,18-/m0/s1. The van der Waals surface area contributed by atoms with Crippen molar-refractivity contribution in [3.63, 3.8) is 0 Å². The van der Waals surface area contributed by atoms with Gasteiger partial charge in [-0.3, -0.25) is 0 Å². The average Bonchev–Trinajstić information content (AvgIpc) is 3.09. The zero-order valence-electron chi connectivity index (χ0n) is 17.4. The molecule has 2 rings (SSSR count). The predicted octanol–water partition coefficient (Wildman–Crippen LogP) is 2.41. The molecule has 0 amide bonds. The van der Waals surface area contributed by atoms with Crippen molar-refractivity contribution in [1.29, 1.82) is 5.26 Å². The molecule has 0 spiro atoms. The first-order valence-corrected chi connectivity index (χ1v) is 10.6. The van der Waals surface area contributed by atoms with Crippen molar-refractivity contribution in [2.24, 2.45) is 5.41 Å². The number of nitrogens with two attached hydrogens (primary N) is 1. The van der Waals surface area contributed by atoms with Crippen LogP contribution in [0.3, 0.4) is 0 Å². The Balaban J connectivity index is 2.14. The molecule has 0 saturated heterocycles. The van der Waals surface area contributed by atoms with Crippen LogP contribution in [-0.2, 0) is 23.8 Å². The Kier molecular flexibility index (Phi) is 7.04.